The Kier molecular flexibility index (Phi) is 10.6. The van der Waals surface area contributed by atoms with Gasteiger partial charge in [0.25, 0.3) is 0 Å². The minimum absolute atomic E-state index is 0.101. The molecule has 1 aliphatic heterocycles. The fourth-order valence-electron chi connectivity index (χ4n) is 5.25. The summed E-state index contributed by atoms with van der Waals surface area (Å²) in [5.41, 5.74) is 2.54. The third-order valence-electron chi connectivity index (χ3n) is 7.38. The molecule has 0 bridgehead atoms. The van der Waals surface area contributed by atoms with Crippen molar-refractivity contribution in [2.24, 2.45) is 0 Å². The summed E-state index contributed by atoms with van der Waals surface area (Å²) in [5.74, 6) is 0.966. The van der Waals surface area contributed by atoms with Crippen LogP contribution >= 0.6 is 0 Å². The summed E-state index contributed by atoms with van der Waals surface area (Å²) in [4.78, 5) is 32.4. The Hall–Kier alpha value is -3.38. The van der Waals surface area contributed by atoms with E-state index in [1.165, 1.54) is 11.1 Å². The van der Waals surface area contributed by atoms with Crippen LogP contribution in [-0.2, 0) is 16.1 Å². The fourth-order valence-corrected chi connectivity index (χ4v) is 5.25. The predicted octanol–water partition coefficient (Wildman–Crippen LogP) is 5.90. The van der Waals surface area contributed by atoms with Crippen molar-refractivity contribution in [1.82, 2.24) is 14.7 Å². The Bertz CT molecular complexity index is 1050. The van der Waals surface area contributed by atoms with Gasteiger partial charge in [0.15, 0.2) is 0 Å². The van der Waals surface area contributed by atoms with Crippen LogP contribution in [0.25, 0.3) is 0 Å². The van der Waals surface area contributed by atoms with Crippen LogP contribution in [-0.4, -0.2) is 59.2 Å². The number of carbonyl (C=O) groups is 2. The van der Waals surface area contributed by atoms with Crippen LogP contribution in [0.1, 0.15) is 68.4 Å². The number of piperazine rings is 1. The van der Waals surface area contributed by atoms with Gasteiger partial charge in [0.1, 0.15) is 5.76 Å². The van der Waals surface area contributed by atoms with Crippen molar-refractivity contribution >= 4 is 11.8 Å². The second-order valence-electron chi connectivity index (χ2n) is 10.1. The van der Waals surface area contributed by atoms with Gasteiger partial charge >= 0.3 is 0 Å². The monoisotopic (exact) mass is 515 g/mol. The zero-order chi connectivity index (χ0) is 26.6. The van der Waals surface area contributed by atoms with E-state index in [2.05, 4.69) is 60.4 Å². The lowest BCUT2D eigenvalue weighted by Gasteiger charge is -2.40. The topological polar surface area (TPSA) is 57.0 Å². The number of carbonyl (C=O) groups excluding carboxylic acids is 2. The van der Waals surface area contributed by atoms with Crippen molar-refractivity contribution < 1.29 is 14.0 Å². The van der Waals surface area contributed by atoms with Gasteiger partial charge in [0.05, 0.1) is 18.8 Å². The first-order valence-corrected chi connectivity index (χ1v) is 14.1. The number of nitrogens with zero attached hydrogens (tertiary/aromatic N) is 3. The highest BCUT2D eigenvalue weighted by atomic mass is 16.3. The first-order chi connectivity index (χ1) is 18.7. The Balaban J connectivity index is 1.33. The van der Waals surface area contributed by atoms with Crippen molar-refractivity contribution in [3.05, 3.63) is 95.9 Å². The molecule has 6 heteroatoms. The summed E-state index contributed by atoms with van der Waals surface area (Å²) in [7, 11) is 0. The van der Waals surface area contributed by atoms with Gasteiger partial charge in [-0.1, -0.05) is 86.8 Å². The van der Waals surface area contributed by atoms with E-state index in [-0.39, 0.29) is 17.9 Å². The molecule has 1 fully saturated rings. The number of amides is 2. The number of unbranched alkanes of at least 4 members (excludes halogenated alkanes) is 3. The van der Waals surface area contributed by atoms with Crippen molar-refractivity contribution in [2.45, 2.75) is 58.0 Å². The van der Waals surface area contributed by atoms with Gasteiger partial charge in [-0.25, -0.2) is 0 Å². The molecular weight excluding hydrogens is 474 g/mol. The summed E-state index contributed by atoms with van der Waals surface area (Å²) in [5, 5.41) is 0. The lowest BCUT2D eigenvalue weighted by atomic mass is 9.96. The van der Waals surface area contributed by atoms with Crippen LogP contribution in [0.5, 0.6) is 0 Å². The summed E-state index contributed by atoms with van der Waals surface area (Å²) < 4.78 is 5.49. The third kappa shape index (κ3) is 7.81. The summed E-state index contributed by atoms with van der Waals surface area (Å²) in [6, 6.07) is 25.1. The lowest BCUT2D eigenvalue weighted by molar-refractivity contribution is -0.136. The van der Waals surface area contributed by atoms with Crippen LogP contribution in [0.15, 0.2) is 83.5 Å². The Labute approximate surface area is 227 Å². The van der Waals surface area contributed by atoms with E-state index in [1.807, 2.05) is 29.2 Å². The van der Waals surface area contributed by atoms with Gasteiger partial charge in [0.2, 0.25) is 11.8 Å². The number of benzene rings is 2. The van der Waals surface area contributed by atoms with E-state index < -0.39 is 0 Å². The number of rotatable bonds is 13. The maximum absolute atomic E-state index is 13.2. The maximum Gasteiger partial charge on any atom is 0.224 e. The molecule has 2 amide bonds. The van der Waals surface area contributed by atoms with Crippen molar-refractivity contribution in [2.75, 3.05) is 32.7 Å². The molecule has 0 atom stereocenters. The average molecular weight is 516 g/mol. The molecule has 2 aromatic carbocycles. The van der Waals surface area contributed by atoms with E-state index in [9.17, 15) is 9.59 Å². The average Bonchev–Trinajstić information content (AvgIpc) is 3.48. The first-order valence-electron chi connectivity index (χ1n) is 14.1. The van der Waals surface area contributed by atoms with Crippen molar-refractivity contribution in [3.8, 4) is 0 Å². The molecule has 0 saturated carbocycles. The highest BCUT2D eigenvalue weighted by Crippen LogP contribution is 2.29. The molecule has 0 aliphatic carbocycles. The lowest BCUT2D eigenvalue weighted by Crippen LogP contribution is -2.50. The number of furan rings is 1. The molecule has 6 nitrogen and oxygen atoms in total. The van der Waals surface area contributed by atoms with Gasteiger partial charge in [-0.2, -0.15) is 0 Å². The SMILES string of the molecule is CCCCCCC(=O)N(CCC(=O)N1CCN(C(c2ccccc2)c2ccccc2)CC1)Cc1ccco1. The van der Waals surface area contributed by atoms with Crippen LogP contribution in [0.2, 0.25) is 0 Å². The molecule has 1 saturated heterocycles. The molecule has 0 radical (unpaired) electrons. The normalized spacial score (nSPS) is 14.1. The Morgan fingerprint density at radius 1 is 0.816 bits per heavy atom. The Morgan fingerprint density at radius 2 is 1.47 bits per heavy atom. The van der Waals surface area contributed by atoms with E-state index in [0.717, 1.165) is 44.5 Å². The minimum atomic E-state index is 0.101. The van der Waals surface area contributed by atoms with Gasteiger partial charge in [-0.3, -0.25) is 14.5 Å². The smallest absolute Gasteiger partial charge is 0.224 e. The van der Waals surface area contributed by atoms with E-state index >= 15 is 0 Å². The van der Waals surface area contributed by atoms with Crippen LogP contribution in [0, 0.1) is 0 Å². The summed E-state index contributed by atoms with van der Waals surface area (Å²) in [6.45, 7) is 6.01. The number of hydrogen-bond donors (Lipinski definition) is 0. The molecule has 4 rings (SSSR count). The quantitative estimate of drug-likeness (QED) is 0.266. The molecule has 3 aromatic rings. The summed E-state index contributed by atoms with van der Waals surface area (Å²) in [6.07, 6.45) is 6.72. The number of hydrogen-bond acceptors (Lipinski definition) is 4. The molecule has 38 heavy (non-hydrogen) atoms. The largest absolute Gasteiger partial charge is 0.467 e. The molecule has 1 aromatic heterocycles. The zero-order valence-corrected chi connectivity index (χ0v) is 22.6. The molecule has 202 valence electrons. The first kappa shape index (κ1) is 27.6. The van der Waals surface area contributed by atoms with E-state index in [4.69, 9.17) is 4.42 Å². The minimum Gasteiger partial charge on any atom is -0.467 e. The molecule has 1 aliphatic rings. The molecule has 2 heterocycles. The van der Waals surface area contributed by atoms with Gasteiger partial charge in [-0.05, 0) is 29.7 Å². The predicted molar refractivity (Wildman–Crippen MR) is 150 cm³/mol. The van der Waals surface area contributed by atoms with Crippen LogP contribution in [0.4, 0.5) is 0 Å². The second kappa shape index (κ2) is 14.5. The fraction of sp³-hybridized carbons (Fsp3) is 0.438. The second-order valence-corrected chi connectivity index (χ2v) is 10.1. The summed E-state index contributed by atoms with van der Waals surface area (Å²) >= 11 is 0. The third-order valence-corrected chi connectivity index (χ3v) is 7.38. The van der Waals surface area contributed by atoms with E-state index in [0.29, 0.717) is 39.0 Å². The van der Waals surface area contributed by atoms with Gasteiger partial charge < -0.3 is 14.2 Å². The Morgan fingerprint density at radius 3 is 2.05 bits per heavy atom. The van der Waals surface area contributed by atoms with Gasteiger partial charge in [-0.15, -0.1) is 0 Å². The van der Waals surface area contributed by atoms with Crippen LogP contribution < -0.4 is 0 Å². The maximum atomic E-state index is 13.2. The van der Waals surface area contributed by atoms with Crippen molar-refractivity contribution in [1.29, 1.82) is 0 Å². The highest BCUT2D eigenvalue weighted by molar-refractivity contribution is 5.79. The molecule has 0 spiro atoms. The standard InChI is InChI=1S/C32H41N3O3/c1-2-3-4-11-18-30(36)35(26-29-17-12-25-38-29)20-19-31(37)33-21-23-34(24-22-33)32(27-13-7-5-8-14-27)28-15-9-6-10-16-28/h5-10,12-17,25,32H,2-4,11,18-24,26H2,1H3. The van der Waals surface area contributed by atoms with E-state index in [1.54, 1.807) is 11.2 Å². The zero-order valence-electron chi connectivity index (χ0n) is 22.6. The molecule has 0 unspecified atom stereocenters. The molecular formula is C32H41N3O3. The van der Waals surface area contributed by atoms with Gasteiger partial charge in [0, 0.05) is 45.6 Å². The van der Waals surface area contributed by atoms with Crippen LogP contribution in [0.3, 0.4) is 0 Å². The highest BCUT2D eigenvalue weighted by Gasteiger charge is 2.28. The van der Waals surface area contributed by atoms with Crippen molar-refractivity contribution in [3.63, 3.8) is 0 Å². The molecule has 0 N–H and O–H groups in total.